The topological polar surface area (TPSA) is 0 Å². The van der Waals surface area contributed by atoms with Gasteiger partial charge in [-0.1, -0.05) is 115 Å². The predicted octanol–water partition coefficient (Wildman–Crippen LogP) is 8.58. The van der Waals surface area contributed by atoms with Crippen LogP contribution in [0, 0.1) is 0 Å². The fraction of sp³-hybridized carbons (Fsp3) is 0.111. The van der Waals surface area contributed by atoms with Crippen molar-refractivity contribution in [1.29, 1.82) is 0 Å². The fourth-order valence-corrected chi connectivity index (χ4v) is 1.43. The van der Waals surface area contributed by atoms with Crippen LogP contribution in [0.1, 0.15) is 20.8 Å². The van der Waals surface area contributed by atoms with Gasteiger partial charge >= 0.3 is 0 Å². The largest absolute Gasteiger partial charge is 0.106 e. The van der Waals surface area contributed by atoms with E-state index in [0.29, 0.717) is 0 Å². The van der Waals surface area contributed by atoms with E-state index in [-0.39, 0.29) is 0 Å². The predicted molar refractivity (Wildman–Crippen MR) is 130 cm³/mol. The summed E-state index contributed by atoms with van der Waals surface area (Å²) in [6.45, 7) is 39.4. The summed E-state index contributed by atoms with van der Waals surface area (Å²) in [5.41, 5.74) is 4.95. The maximum atomic E-state index is 4.00. The summed E-state index contributed by atoms with van der Waals surface area (Å²) in [6, 6.07) is 0. The van der Waals surface area contributed by atoms with Crippen LogP contribution in [0.4, 0.5) is 0 Å². The Morgan fingerprint density at radius 2 is 0.778 bits per heavy atom. The van der Waals surface area contributed by atoms with E-state index in [9.17, 15) is 0 Å². The number of hydrogen-bond donors (Lipinski definition) is 0. The highest BCUT2D eigenvalue weighted by molar-refractivity contribution is 5.51. The van der Waals surface area contributed by atoms with Gasteiger partial charge in [0.15, 0.2) is 0 Å². The van der Waals surface area contributed by atoms with Crippen LogP contribution in [0.15, 0.2) is 147 Å². The van der Waals surface area contributed by atoms with Crippen molar-refractivity contribution >= 4 is 0 Å². The first-order valence-electron chi connectivity index (χ1n) is 8.76. The third-order valence-corrected chi connectivity index (χ3v) is 3.01. The van der Waals surface area contributed by atoms with Crippen LogP contribution in [0.3, 0.4) is 0 Å². The molecule has 0 fully saturated rings. The van der Waals surface area contributed by atoms with E-state index < -0.39 is 0 Å². The van der Waals surface area contributed by atoms with E-state index in [1.165, 1.54) is 0 Å². The molecule has 0 saturated heterocycles. The summed E-state index contributed by atoms with van der Waals surface area (Å²) in [5, 5.41) is 0. The highest BCUT2D eigenvalue weighted by Gasteiger charge is 1.96. The maximum Gasteiger partial charge on any atom is -0.0262 e. The van der Waals surface area contributed by atoms with Crippen LogP contribution < -0.4 is 0 Å². The third kappa shape index (κ3) is 14.9. The second-order valence-electron chi connectivity index (χ2n) is 4.91. The van der Waals surface area contributed by atoms with Crippen molar-refractivity contribution in [2.75, 3.05) is 0 Å². The van der Waals surface area contributed by atoms with Crippen molar-refractivity contribution < 1.29 is 0 Å². The molecular weight excluding hydrogens is 324 g/mol. The van der Waals surface area contributed by atoms with Crippen molar-refractivity contribution in [3.8, 4) is 0 Å². The van der Waals surface area contributed by atoms with E-state index in [4.69, 9.17) is 0 Å². The van der Waals surface area contributed by atoms with Crippen LogP contribution in [0.25, 0.3) is 0 Å². The molecule has 0 radical (unpaired) electrons. The third-order valence-electron chi connectivity index (χ3n) is 3.01. The average Bonchev–Trinajstić information content (AvgIpc) is 2.70. The molecule has 0 atom stereocenters. The molecule has 0 amide bonds. The smallest absolute Gasteiger partial charge is 0.0262 e. The lowest BCUT2D eigenvalue weighted by atomic mass is 10.0. The second-order valence-corrected chi connectivity index (χ2v) is 4.91. The normalized spacial score (nSPS) is 10.0. The van der Waals surface area contributed by atoms with Crippen LogP contribution >= 0.6 is 0 Å². The van der Waals surface area contributed by atoms with Gasteiger partial charge in [-0.15, -0.1) is 13.2 Å². The molecular formula is C27H36. The van der Waals surface area contributed by atoms with Crippen molar-refractivity contribution in [3.05, 3.63) is 147 Å². The van der Waals surface area contributed by atoms with Crippen molar-refractivity contribution in [1.82, 2.24) is 0 Å². The summed E-state index contributed by atoms with van der Waals surface area (Å²) in [6.07, 6.45) is 16.7. The molecule has 0 aliphatic carbocycles. The van der Waals surface area contributed by atoms with Gasteiger partial charge in [-0.25, -0.2) is 0 Å². The Morgan fingerprint density at radius 3 is 1.04 bits per heavy atom. The second kappa shape index (κ2) is 19.2. The Balaban J connectivity index is -0.00000134. The molecule has 144 valence electrons. The zero-order valence-electron chi connectivity index (χ0n) is 17.6. The van der Waals surface area contributed by atoms with E-state index in [2.05, 4.69) is 59.2 Å². The van der Waals surface area contributed by atoms with Crippen LogP contribution in [-0.4, -0.2) is 0 Å². The Bertz CT molecular complexity index is 667. The van der Waals surface area contributed by atoms with E-state index >= 15 is 0 Å². The van der Waals surface area contributed by atoms with Gasteiger partial charge in [-0.05, 0) is 40.4 Å². The van der Waals surface area contributed by atoms with Crippen molar-refractivity contribution in [3.63, 3.8) is 0 Å². The maximum absolute atomic E-state index is 4.00. The van der Waals surface area contributed by atoms with E-state index in [1.54, 1.807) is 6.08 Å². The Labute approximate surface area is 168 Å². The molecule has 27 heavy (non-hydrogen) atoms. The highest BCUT2D eigenvalue weighted by atomic mass is 14.0. The molecule has 0 aromatic heterocycles. The Morgan fingerprint density at radius 1 is 0.519 bits per heavy atom. The lowest BCUT2D eigenvalue weighted by Crippen LogP contribution is -1.83. The van der Waals surface area contributed by atoms with Gasteiger partial charge in [0.05, 0.1) is 0 Å². The summed E-state index contributed by atoms with van der Waals surface area (Å²) < 4.78 is 0. The molecule has 0 nitrogen and oxygen atoms in total. The van der Waals surface area contributed by atoms with Crippen LogP contribution in [0.5, 0.6) is 0 Å². The molecule has 0 aliphatic rings. The zero-order chi connectivity index (χ0) is 21.8. The van der Waals surface area contributed by atoms with Gasteiger partial charge in [0.25, 0.3) is 0 Å². The first-order valence-corrected chi connectivity index (χ1v) is 8.76. The minimum Gasteiger partial charge on any atom is -0.106 e. The lowest BCUT2D eigenvalue weighted by Gasteiger charge is -2.03. The fourth-order valence-electron chi connectivity index (χ4n) is 1.43. The summed E-state index contributed by atoms with van der Waals surface area (Å²) in [7, 11) is 0. The summed E-state index contributed by atoms with van der Waals surface area (Å²) in [4.78, 5) is 0. The minimum atomic E-state index is 0.798. The SMILES string of the molecule is C=C.C=C/C=C\C(=C)C(=C)/C=C\C(=C)C(=C)/C=C\C(=C)C(=C)/C=C\C.CC. The van der Waals surface area contributed by atoms with E-state index in [0.717, 1.165) is 33.4 Å². The first-order chi connectivity index (χ1) is 12.8. The summed E-state index contributed by atoms with van der Waals surface area (Å²) in [5.74, 6) is 0. The molecule has 0 aliphatic heterocycles. The standard InChI is InChI=1S/C23H26.C2H6.C2H4/c1-9-11-13-19(4)21(6)15-17-23(8)22(7)16-14-20(5)18(3)12-10-2;2*1-2/h9-17H,1,3-8H2,2H3;1-2H3;1-2H2/b12-10-,13-11-,16-14-,17-15-;;. The molecule has 0 unspecified atom stereocenters. The Hall–Kier alpha value is -3.12. The first kappa shape index (κ1) is 28.7. The molecule has 0 aromatic carbocycles. The lowest BCUT2D eigenvalue weighted by molar-refractivity contribution is 1.50. The van der Waals surface area contributed by atoms with Gasteiger partial charge < -0.3 is 0 Å². The van der Waals surface area contributed by atoms with Gasteiger partial charge in [-0.3, -0.25) is 0 Å². The van der Waals surface area contributed by atoms with Gasteiger partial charge in [-0.2, -0.15) is 0 Å². The zero-order valence-corrected chi connectivity index (χ0v) is 17.6. The van der Waals surface area contributed by atoms with Crippen molar-refractivity contribution in [2.45, 2.75) is 20.8 Å². The highest BCUT2D eigenvalue weighted by Crippen LogP contribution is 2.15. The van der Waals surface area contributed by atoms with E-state index in [1.807, 2.05) is 69.4 Å². The molecule has 0 heterocycles. The molecule has 0 bridgehead atoms. The number of allylic oxidation sites excluding steroid dienone is 15. The molecule has 0 rings (SSSR count). The van der Waals surface area contributed by atoms with Crippen LogP contribution in [-0.2, 0) is 0 Å². The van der Waals surface area contributed by atoms with Crippen LogP contribution in [0.2, 0.25) is 0 Å². The molecule has 0 spiro atoms. The summed E-state index contributed by atoms with van der Waals surface area (Å²) >= 11 is 0. The average molecular weight is 361 g/mol. The molecule has 0 saturated carbocycles. The molecule has 0 aromatic rings. The van der Waals surface area contributed by atoms with Gasteiger partial charge in [0.2, 0.25) is 0 Å². The monoisotopic (exact) mass is 360 g/mol. The van der Waals surface area contributed by atoms with Crippen molar-refractivity contribution in [2.24, 2.45) is 0 Å². The number of rotatable bonds is 10. The Kier molecular flexibility index (Phi) is 20.4. The van der Waals surface area contributed by atoms with Gasteiger partial charge in [0.1, 0.15) is 0 Å². The quantitative estimate of drug-likeness (QED) is 0.270. The van der Waals surface area contributed by atoms with Gasteiger partial charge in [0, 0.05) is 0 Å². The molecule has 0 N–H and O–H groups in total. The minimum absolute atomic E-state index is 0.798. The number of hydrogen-bond acceptors (Lipinski definition) is 0. The molecule has 0 heteroatoms.